The third-order valence-electron chi connectivity index (χ3n) is 3.44. The molecule has 0 aromatic heterocycles. The van der Waals surface area contributed by atoms with Crippen LogP contribution in [-0.4, -0.2) is 20.2 Å². The average Bonchev–Trinajstić information content (AvgIpc) is 3.36. The van der Waals surface area contributed by atoms with Crippen molar-refractivity contribution < 1.29 is 19.0 Å². The highest BCUT2D eigenvalue weighted by Crippen LogP contribution is 2.43. The van der Waals surface area contributed by atoms with Crippen LogP contribution in [0.1, 0.15) is 24.8 Å². The van der Waals surface area contributed by atoms with Gasteiger partial charge in [0.2, 0.25) is 0 Å². The van der Waals surface area contributed by atoms with Crippen molar-refractivity contribution in [2.24, 2.45) is 0 Å². The van der Waals surface area contributed by atoms with E-state index in [-0.39, 0.29) is 11.9 Å². The molecule has 0 bridgehead atoms. The van der Waals surface area contributed by atoms with Crippen LogP contribution in [-0.2, 0) is 9.53 Å². The number of para-hydroxylation sites is 3. The van der Waals surface area contributed by atoms with Gasteiger partial charge in [-0.2, -0.15) is 0 Å². The summed E-state index contributed by atoms with van der Waals surface area (Å²) in [6.07, 6.45) is 0.701. The van der Waals surface area contributed by atoms with E-state index in [1.54, 1.807) is 7.11 Å². The highest BCUT2D eigenvalue weighted by Gasteiger charge is 2.22. The summed E-state index contributed by atoms with van der Waals surface area (Å²) in [5, 5.41) is 0. The molecule has 3 rings (SSSR count). The number of carbonyl (C=O) groups excluding carboxylic acids is 1. The van der Waals surface area contributed by atoms with Crippen LogP contribution in [0, 0.1) is 0 Å². The Balaban J connectivity index is 0.000000205. The molecule has 0 fully saturated rings. The molecule has 116 valence electrons. The summed E-state index contributed by atoms with van der Waals surface area (Å²) < 4.78 is 14.9. The van der Waals surface area contributed by atoms with E-state index in [1.807, 2.05) is 55.5 Å². The van der Waals surface area contributed by atoms with Gasteiger partial charge in [0.15, 0.2) is 11.5 Å². The first-order valence-electron chi connectivity index (χ1n) is 7.18. The van der Waals surface area contributed by atoms with Crippen LogP contribution in [0.25, 0.3) is 0 Å². The molecule has 0 saturated carbocycles. The quantitative estimate of drug-likeness (QED) is 0.536. The predicted octanol–water partition coefficient (Wildman–Crippen LogP) is 4.15. The van der Waals surface area contributed by atoms with Gasteiger partial charge in [-0.3, -0.25) is 4.79 Å². The van der Waals surface area contributed by atoms with Gasteiger partial charge in [-0.15, -0.1) is 0 Å². The summed E-state index contributed by atoms with van der Waals surface area (Å²) in [4.78, 5) is 11.5. The fourth-order valence-corrected chi connectivity index (χ4v) is 2.22. The fraction of sp³-hybridized carbons (Fsp3) is 0.278. The highest BCUT2D eigenvalue weighted by atomic mass is 16.6. The lowest BCUT2D eigenvalue weighted by atomic mass is 9.96. The van der Waals surface area contributed by atoms with Crippen molar-refractivity contribution in [3.8, 4) is 17.2 Å². The average molecular weight is 300 g/mol. The summed E-state index contributed by atoms with van der Waals surface area (Å²) in [5.41, 5.74) is 0.884. The molecular weight excluding hydrogens is 280 g/mol. The maximum atomic E-state index is 11.5. The van der Waals surface area contributed by atoms with E-state index in [1.165, 1.54) is 7.11 Å². The van der Waals surface area contributed by atoms with Crippen molar-refractivity contribution >= 4 is 5.97 Å². The smallest absolute Gasteiger partial charge is 0.313 e. The van der Waals surface area contributed by atoms with Gasteiger partial charge in [-0.25, -0.2) is 0 Å². The summed E-state index contributed by atoms with van der Waals surface area (Å²) in [5.74, 6) is 2.33. The second-order valence-corrected chi connectivity index (χ2v) is 4.77. The number of hydrogen-bond donors (Lipinski definition) is 0. The Hall–Kier alpha value is -2.49. The van der Waals surface area contributed by atoms with E-state index >= 15 is 0 Å². The van der Waals surface area contributed by atoms with Crippen LogP contribution in [0.5, 0.6) is 17.2 Å². The predicted molar refractivity (Wildman–Crippen MR) is 84.6 cm³/mol. The first-order chi connectivity index (χ1) is 10.7. The van der Waals surface area contributed by atoms with Gasteiger partial charge in [0.05, 0.1) is 20.1 Å². The Kier molecular flexibility index (Phi) is 5.42. The third-order valence-corrected chi connectivity index (χ3v) is 3.44. The van der Waals surface area contributed by atoms with E-state index in [2.05, 4.69) is 0 Å². The van der Waals surface area contributed by atoms with E-state index < -0.39 is 0 Å². The molecule has 0 saturated heterocycles. The third kappa shape index (κ3) is 3.79. The Bertz CT molecular complexity index is 615. The molecule has 2 aromatic rings. The molecule has 4 nitrogen and oxygen atoms in total. The van der Waals surface area contributed by atoms with Crippen molar-refractivity contribution in [2.75, 3.05) is 14.2 Å². The van der Waals surface area contributed by atoms with Gasteiger partial charge in [-0.05, 0) is 24.6 Å². The largest absolute Gasteiger partial charge is 0.496 e. The minimum Gasteiger partial charge on any atom is -0.496 e. The molecule has 0 amide bonds. The van der Waals surface area contributed by atoms with Crippen LogP contribution < -0.4 is 9.47 Å². The van der Waals surface area contributed by atoms with Crippen molar-refractivity contribution in [1.29, 1.82) is 0 Å². The molecule has 0 N–H and O–H groups in total. The van der Waals surface area contributed by atoms with E-state index in [0.717, 1.165) is 22.8 Å². The maximum absolute atomic E-state index is 11.5. The number of fused-ring (bicyclic) bond motifs is 1. The van der Waals surface area contributed by atoms with Crippen LogP contribution in [0.3, 0.4) is 0 Å². The van der Waals surface area contributed by atoms with Crippen LogP contribution in [0.4, 0.5) is 0 Å². The summed E-state index contributed by atoms with van der Waals surface area (Å²) >= 11 is 0. The SMILES string of the molecule is CCC(C(=O)OC)c1ccccc1OC.c1ccc2c(c1)O2. The lowest BCUT2D eigenvalue weighted by molar-refractivity contribution is -0.142. The zero-order valence-electron chi connectivity index (χ0n) is 13.0. The van der Waals surface area contributed by atoms with E-state index in [9.17, 15) is 4.79 Å². The monoisotopic (exact) mass is 300 g/mol. The standard InChI is InChI=1S/C12H16O3.C6H4O/c1-4-9(12(13)15-3)10-7-5-6-8-11(10)14-2;1-2-4-6-5(3-1)7-6/h5-9H,4H2,1-3H3;1-4H. The summed E-state index contributed by atoms with van der Waals surface area (Å²) in [6.45, 7) is 1.95. The number of methoxy groups -OCH3 is 2. The number of esters is 1. The molecule has 4 heteroatoms. The molecule has 1 atom stereocenters. The molecule has 1 aliphatic heterocycles. The maximum Gasteiger partial charge on any atom is 0.313 e. The van der Waals surface area contributed by atoms with Gasteiger partial charge in [0, 0.05) is 5.56 Å². The lowest BCUT2D eigenvalue weighted by Gasteiger charge is -2.15. The first kappa shape index (κ1) is 15.9. The normalized spacial score (nSPS) is 12.0. The van der Waals surface area contributed by atoms with Gasteiger partial charge in [0.1, 0.15) is 5.75 Å². The fourth-order valence-electron chi connectivity index (χ4n) is 2.22. The van der Waals surface area contributed by atoms with Crippen LogP contribution >= 0.6 is 0 Å². The van der Waals surface area contributed by atoms with Crippen LogP contribution in [0.15, 0.2) is 48.5 Å². The van der Waals surface area contributed by atoms with Crippen molar-refractivity contribution in [3.05, 3.63) is 54.1 Å². The Labute approximate surface area is 130 Å². The van der Waals surface area contributed by atoms with Gasteiger partial charge >= 0.3 is 5.97 Å². The van der Waals surface area contributed by atoms with Gasteiger partial charge in [0.25, 0.3) is 0 Å². The molecule has 0 aliphatic carbocycles. The molecule has 1 aliphatic rings. The summed E-state index contributed by atoms with van der Waals surface area (Å²) in [7, 11) is 3.00. The van der Waals surface area contributed by atoms with Crippen molar-refractivity contribution in [2.45, 2.75) is 19.3 Å². The minimum atomic E-state index is -0.244. The molecule has 2 aromatic carbocycles. The Morgan fingerprint density at radius 1 is 1.05 bits per heavy atom. The number of carbonyl (C=O) groups is 1. The minimum absolute atomic E-state index is 0.220. The number of ether oxygens (including phenoxy) is 3. The molecule has 0 radical (unpaired) electrons. The van der Waals surface area contributed by atoms with Crippen LogP contribution in [0.2, 0.25) is 0 Å². The number of hydrogen-bond acceptors (Lipinski definition) is 4. The zero-order chi connectivity index (χ0) is 15.9. The Morgan fingerprint density at radius 2 is 1.64 bits per heavy atom. The number of benzene rings is 2. The van der Waals surface area contributed by atoms with Gasteiger partial charge in [-0.1, -0.05) is 37.3 Å². The van der Waals surface area contributed by atoms with E-state index in [4.69, 9.17) is 14.2 Å². The van der Waals surface area contributed by atoms with Crippen molar-refractivity contribution in [1.82, 2.24) is 0 Å². The topological polar surface area (TPSA) is 48.1 Å². The zero-order valence-corrected chi connectivity index (χ0v) is 13.0. The molecule has 0 spiro atoms. The second kappa shape index (κ2) is 7.50. The lowest BCUT2D eigenvalue weighted by Crippen LogP contribution is -2.14. The summed E-state index contributed by atoms with van der Waals surface area (Å²) in [6, 6.07) is 15.4. The molecule has 22 heavy (non-hydrogen) atoms. The Morgan fingerprint density at radius 3 is 2.14 bits per heavy atom. The van der Waals surface area contributed by atoms with E-state index in [0.29, 0.717) is 6.42 Å². The molecule has 1 unspecified atom stereocenters. The van der Waals surface area contributed by atoms with Crippen molar-refractivity contribution in [3.63, 3.8) is 0 Å². The molecular formula is C18H20O4. The highest BCUT2D eigenvalue weighted by molar-refractivity contribution is 5.79. The second-order valence-electron chi connectivity index (χ2n) is 4.77. The molecule has 1 heterocycles. The van der Waals surface area contributed by atoms with Gasteiger partial charge < -0.3 is 14.2 Å². The first-order valence-corrected chi connectivity index (χ1v) is 7.18. The number of rotatable bonds is 4.